The number of hydrogen-bond donors (Lipinski definition) is 2. The van der Waals surface area contributed by atoms with Crippen molar-refractivity contribution in [1.82, 2.24) is 14.9 Å². The number of hydrogen-bond acceptors (Lipinski definition) is 4. The molecule has 0 saturated heterocycles. The molecule has 3 N–H and O–H groups in total. The number of aromatic nitrogens is 2. The van der Waals surface area contributed by atoms with Gasteiger partial charge in [-0.25, -0.2) is 4.98 Å². The third-order valence-corrected chi connectivity index (χ3v) is 3.22. The normalized spacial score (nSPS) is 12.4. The first kappa shape index (κ1) is 14.1. The van der Waals surface area contributed by atoms with Crippen LogP contribution < -0.4 is 11.1 Å². The number of carbonyl (C=O) groups is 1. The average molecular weight is 256 g/mol. The summed E-state index contributed by atoms with van der Waals surface area (Å²) in [6.07, 6.45) is 5.42. The molecule has 0 saturated carbocycles. The predicted molar refractivity (Wildman–Crippen MR) is 71.2 cm³/mol. The molecule has 0 aromatic carbocycles. The Balaban J connectivity index is 2.40. The molecule has 0 aliphatic heterocycles. The third kappa shape index (κ3) is 4.79. The van der Waals surface area contributed by atoms with Crippen molar-refractivity contribution in [3.63, 3.8) is 0 Å². The van der Waals surface area contributed by atoms with E-state index in [9.17, 15) is 4.79 Å². The van der Waals surface area contributed by atoms with Crippen LogP contribution in [0.15, 0.2) is 12.5 Å². The maximum absolute atomic E-state index is 11.7. The molecule has 0 aliphatic carbocycles. The Labute approximate surface area is 106 Å². The standard InChI is InChI=1S/C11H20N4OS/c1-9(7-17-2)5-13-11(16)10-6-15(4-3-12)8-14-10/h6,8-9H,3-5,7,12H2,1-2H3,(H,13,16). The van der Waals surface area contributed by atoms with Gasteiger partial charge in [0.25, 0.3) is 5.91 Å². The van der Waals surface area contributed by atoms with E-state index in [0.29, 0.717) is 31.2 Å². The van der Waals surface area contributed by atoms with Crippen molar-refractivity contribution in [3.05, 3.63) is 18.2 Å². The molecule has 1 amide bonds. The highest BCUT2D eigenvalue weighted by Gasteiger charge is 2.10. The second kappa shape index (κ2) is 7.34. The molecular formula is C11H20N4OS. The highest BCUT2D eigenvalue weighted by molar-refractivity contribution is 7.98. The molecule has 0 radical (unpaired) electrons. The summed E-state index contributed by atoms with van der Waals surface area (Å²) in [5, 5.41) is 2.88. The molecule has 1 heterocycles. The number of imidazole rings is 1. The predicted octanol–water partition coefficient (Wildman–Crippen LogP) is 0.571. The van der Waals surface area contributed by atoms with Crippen LogP contribution in [0.5, 0.6) is 0 Å². The number of nitrogens with zero attached hydrogens (tertiary/aromatic N) is 2. The second-order valence-corrected chi connectivity index (χ2v) is 4.97. The van der Waals surface area contributed by atoms with Crippen molar-refractivity contribution in [2.24, 2.45) is 11.7 Å². The third-order valence-electron chi connectivity index (χ3n) is 2.32. The van der Waals surface area contributed by atoms with Crippen molar-refractivity contribution in [2.45, 2.75) is 13.5 Å². The van der Waals surface area contributed by atoms with Crippen molar-refractivity contribution in [3.8, 4) is 0 Å². The molecule has 17 heavy (non-hydrogen) atoms. The van der Waals surface area contributed by atoms with Gasteiger partial charge in [-0.1, -0.05) is 6.92 Å². The molecule has 1 atom stereocenters. The maximum Gasteiger partial charge on any atom is 0.271 e. The molecule has 0 aliphatic rings. The SMILES string of the molecule is CSCC(C)CNC(=O)c1cn(CCN)cn1. The summed E-state index contributed by atoms with van der Waals surface area (Å²) in [6, 6.07) is 0. The number of nitrogens with two attached hydrogens (primary N) is 1. The summed E-state index contributed by atoms with van der Waals surface area (Å²) in [4.78, 5) is 15.8. The first-order valence-electron chi connectivity index (χ1n) is 5.66. The fourth-order valence-corrected chi connectivity index (χ4v) is 2.14. The van der Waals surface area contributed by atoms with E-state index in [1.165, 1.54) is 0 Å². The summed E-state index contributed by atoms with van der Waals surface area (Å²) in [6.45, 7) is 4.03. The van der Waals surface area contributed by atoms with Crippen molar-refractivity contribution >= 4 is 17.7 Å². The number of thioether (sulfide) groups is 1. The first-order chi connectivity index (χ1) is 8.17. The molecule has 0 spiro atoms. The fourth-order valence-electron chi connectivity index (χ4n) is 1.45. The van der Waals surface area contributed by atoms with Gasteiger partial charge in [0.15, 0.2) is 0 Å². The zero-order valence-corrected chi connectivity index (χ0v) is 11.2. The Morgan fingerprint density at radius 3 is 3.12 bits per heavy atom. The van der Waals surface area contributed by atoms with E-state index in [1.807, 2.05) is 4.57 Å². The minimum atomic E-state index is -0.117. The average Bonchev–Trinajstić information content (AvgIpc) is 2.75. The molecule has 0 bridgehead atoms. The topological polar surface area (TPSA) is 72.9 Å². The Morgan fingerprint density at radius 1 is 1.71 bits per heavy atom. The number of carbonyl (C=O) groups excluding carboxylic acids is 1. The highest BCUT2D eigenvalue weighted by atomic mass is 32.2. The molecule has 5 nitrogen and oxygen atoms in total. The number of amides is 1. The van der Waals surface area contributed by atoms with Crippen LogP contribution in [0, 0.1) is 5.92 Å². The van der Waals surface area contributed by atoms with E-state index in [-0.39, 0.29) is 5.91 Å². The van der Waals surface area contributed by atoms with Gasteiger partial charge in [-0.15, -0.1) is 0 Å². The minimum absolute atomic E-state index is 0.117. The van der Waals surface area contributed by atoms with Gasteiger partial charge in [-0.3, -0.25) is 4.79 Å². The lowest BCUT2D eigenvalue weighted by atomic mass is 10.2. The lowest BCUT2D eigenvalue weighted by molar-refractivity contribution is 0.0944. The van der Waals surface area contributed by atoms with Gasteiger partial charge in [-0.05, 0) is 17.9 Å². The molecular weight excluding hydrogens is 236 g/mol. The first-order valence-corrected chi connectivity index (χ1v) is 7.05. The number of rotatable bonds is 7. The summed E-state index contributed by atoms with van der Waals surface area (Å²) >= 11 is 1.78. The molecule has 6 heteroatoms. The van der Waals surface area contributed by atoms with Gasteiger partial charge in [0.05, 0.1) is 6.33 Å². The van der Waals surface area contributed by atoms with Gasteiger partial charge in [0.2, 0.25) is 0 Å². The Bertz CT molecular complexity index is 353. The molecule has 1 unspecified atom stereocenters. The largest absolute Gasteiger partial charge is 0.350 e. The Hall–Kier alpha value is -1.01. The lowest BCUT2D eigenvalue weighted by Gasteiger charge is -2.09. The van der Waals surface area contributed by atoms with Crippen LogP contribution in [0.25, 0.3) is 0 Å². The Kier molecular flexibility index (Phi) is 6.07. The second-order valence-electron chi connectivity index (χ2n) is 4.06. The lowest BCUT2D eigenvalue weighted by Crippen LogP contribution is -2.29. The zero-order valence-electron chi connectivity index (χ0n) is 10.3. The number of nitrogens with one attached hydrogen (secondary N) is 1. The molecule has 1 aromatic heterocycles. The van der Waals surface area contributed by atoms with Gasteiger partial charge in [-0.2, -0.15) is 11.8 Å². The van der Waals surface area contributed by atoms with Crippen molar-refractivity contribution in [2.75, 3.05) is 25.1 Å². The highest BCUT2D eigenvalue weighted by Crippen LogP contribution is 2.03. The van der Waals surface area contributed by atoms with Crippen molar-refractivity contribution in [1.29, 1.82) is 0 Å². The van der Waals surface area contributed by atoms with Crippen LogP contribution in [-0.2, 0) is 6.54 Å². The monoisotopic (exact) mass is 256 g/mol. The van der Waals surface area contributed by atoms with E-state index >= 15 is 0 Å². The smallest absolute Gasteiger partial charge is 0.271 e. The maximum atomic E-state index is 11.7. The van der Waals surface area contributed by atoms with Gasteiger partial charge >= 0.3 is 0 Å². The summed E-state index contributed by atoms with van der Waals surface area (Å²) in [7, 11) is 0. The van der Waals surface area contributed by atoms with E-state index in [2.05, 4.69) is 23.5 Å². The Morgan fingerprint density at radius 2 is 2.47 bits per heavy atom. The van der Waals surface area contributed by atoms with E-state index < -0.39 is 0 Å². The zero-order chi connectivity index (χ0) is 12.7. The summed E-state index contributed by atoms with van der Waals surface area (Å²) in [5.41, 5.74) is 5.88. The van der Waals surface area contributed by atoms with E-state index in [4.69, 9.17) is 5.73 Å². The van der Waals surface area contributed by atoms with Gasteiger partial charge in [0.1, 0.15) is 5.69 Å². The van der Waals surface area contributed by atoms with Crippen LogP contribution in [0.4, 0.5) is 0 Å². The molecule has 0 fully saturated rings. The van der Waals surface area contributed by atoms with Gasteiger partial charge < -0.3 is 15.6 Å². The molecule has 1 rings (SSSR count). The molecule has 96 valence electrons. The quantitative estimate of drug-likeness (QED) is 0.748. The van der Waals surface area contributed by atoms with Gasteiger partial charge in [0, 0.05) is 25.8 Å². The molecule has 1 aromatic rings. The summed E-state index contributed by atoms with van der Waals surface area (Å²) < 4.78 is 1.82. The van der Waals surface area contributed by atoms with Crippen LogP contribution >= 0.6 is 11.8 Å². The van der Waals surface area contributed by atoms with Crippen LogP contribution in [0.2, 0.25) is 0 Å². The van der Waals surface area contributed by atoms with Crippen molar-refractivity contribution < 1.29 is 4.79 Å². The van der Waals surface area contributed by atoms with Crippen LogP contribution in [-0.4, -0.2) is 40.6 Å². The fraction of sp³-hybridized carbons (Fsp3) is 0.636. The van der Waals surface area contributed by atoms with E-state index in [1.54, 1.807) is 24.3 Å². The van der Waals surface area contributed by atoms with Crippen LogP contribution in [0.3, 0.4) is 0 Å². The van der Waals surface area contributed by atoms with E-state index in [0.717, 1.165) is 5.75 Å². The van der Waals surface area contributed by atoms with Crippen LogP contribution in [0.1, 0.15) is 17.4 Å². The summed E-state index contributed by atoms with van der Waals surface area (Å²) in [5.74, 6) is 1.40. The minimum Gasteiger partial charge on any atom is -0.350 e.